The number of ether oxygens (including phenoxy) is 4. The summed E-state index contributed by atoms with van der Waals surface area (Å²) in [5, 5.41) is 0.830. The summed E-state index contributed by atoms with van der Waals surface area (Å²) in [5.41, 5.74) is 1.08. The van der Waals surface area contributed by atoms with Gasteiger partial charge >= 0.3 is 0 Å². The molecule has 0 unspecified atom stereocenters. The maximum Gasteiger partial charge on any atom is 0.211 e. The minimum atomic E-state index is -0.330. The van der Waals surface area contributed by atoms with Crippen LogP contribution in [0, 0.1) is 0 Å². The lowest BCUT2D eigenvalue weighted by molar-refractivity contribution is -0.0442. The molecule has 0 N–H and O–H groups in total. The van der Waals surface area contributed by atoms with Crippen LogP contribution in [0.25, 0.3) is 6.08 Å². The van der Waals surface area contributed by atoms with Crippen molar-refractivity contribution < 1.29 is 18.9 Å². The smallest absolute Gasteiger partial charge is 0.211 e. The molecule has 0 atom stereocenters. The third kappa shape index (κ3) is 3.90. The normalized spacial score (nSPS) is 15.4. The van der Waals surface area contributed by atoms with Gasteiger partial charge in [0.2, 0.25) is 6.29 Å². The van der Waals surface area contributed by atoms with Crippen LogP contribution in [0.1, 0.15) is 28.7 Å². The molecule has 1 aromatic heterocycles. The quantitative estimate of drug-likeness (QED) is 0.804. The zero-order chi connectivity index (χ0) is 16.1. The van der Waals surface area contributed by atoms with Crippen LogP contribution in [0.2, 0.25) is 0 Å². The Morgan fingerprint density at radius 3 is 2.87 bits per heavy atom. The van der Waals surface area contributed by atoms with Crippen LogP contribution in [0.4, 0.5) is 0 Å². The predicted molar refractivity (Wildman–Crippen MR) is 88.8 cm³/mol. The van der Waals surface area contributed by atoms with E-state index in [0.717, 1.165) is 15.4 Å². The Labute approximate surface area is 139 Å². The Morgan fingerprint density at radius 1 is 1.30 bits per heavy atom. The molecule has 0 amide bonds. The molecule has 0 aliphatic carbocycles. The summed E-state index contributed by atoms with van der Waals surface area (Å²) >= 11 is 1.54. The first kappa shape index (κ1) is 16.0. The molecule has 23 heavy (non-hydrogen) atoms. The third-order valence-electron chi connectivity index (χ3n) is 3.31. The zero-order valence-corrected chi connectivity index (χ0v) is 14.0. The molecule has 6 heteroatoms. The highest BCUT2D eigenvalue weighted by atomic mass is 32.1. The molecule has 0 radical (unpaired) electrons. The summed E-state index contributed by atoms with van der Waals surface area (Å²) in [5.74, 6) is 1.43. The Kier molecular flexibility index (Phi) is 5.27. The highest BCUT2D eigenvalue weighted by Gasteiger charge is 2.21. The number of hydrogen-bond donors (Lipinski definition) is 0. The van der Waals surface area contributed by atoms with Gasteiger partial charge in [0.15, 0.2) is 11.5 Å². The first-order valence-corrected chi connectivity index (χ1v) is 8.23. The number of methoxy groups -OCH3 is 1. The summed E-state index contributed by atoms with van der Waals surface area (Å²) < 4.78 is 22.2. The van der Waals surface area contributed by atoms with E-state index >= 15 is 0 Å². The van der Waals surface area contributed by atoms with Crippen molar-refractivity contribution in [3.05, 3.63) is 45.9 Å². The standard InChI is InChI=1S/C17H19NO4S/c1-3-4-12-5-6-14(15(9-12)19-2)22-11-13-10-18-16(23-13)17-20-7-8-21-17/h3-6,9-10,17H,7-8,11H2,1-2H3/b4-3+. The first-order chi connectivity index (χ1) is 11.3. The van der Waals surface area contributed by atoms with Crippen LogP contribution in [0.5, 0.6) is 11.5 Å². The Morgan fingerprint density at radius 2 is 2.13 bits per heavy atom. The van der Waals surface area contributed by atoms with E-state index in [1.807, 2.05) is 37.3 Å². The fourth-order valence-corrected chi connectivity index (χ4v) is 3.08. The lowest BCUT2D eigenvalue weighted by Gasteiger charge is -2.10. The van der Waals surface area contributed by atoms with E-state index in [9.17, 15) is 0 Å². The van der Waals surface area contributed by atoms with Crippen molar-refractivity contribution in [2.45, 2.75) is 19.8 Å². The summed E-state index contributed by atoms with van der Waals surface area (Å²) in [6.45, 7) is 3.65. The van der Waals surface area contributed by atoms with Gasteiger partial charge in [-0.05, 0) is 24.6 Å². The molecule has 1 aliphatic rings. The van der Waals surface area contributed by atoms with E-state index in [1.165, 1.54) is 11.3 Å². The highest BCUT2D eigenvalue weighted by Crippen LogP contribution is 2.31. The van der Waals surface area contributed by atoms with Gasteiger partial charge in [0.1, 0.15) is 11.6 Å². The molecule has 0 bridgehead atoms. The molecule has 0 saturated carbocycles. The van der Waals surface area contributed by atoms with Crippen LogP contribution in [-0.2, 0) is 16.1 Å². The van der Waals surface area contributed by atoms with Crippen molar-refractivity contribution >= 4 is 17.4 Å². The molecule has 1 aliphatic heterocycles. The molecular weight excluding hydrogens is 314 g/mol. The van der Waals surface area contributed by atoms with Gasteiger partial charge in [0.05, 0.1) is 25.2 Å². The van der Waals surface area contributed by atoms with E-state index in [-0.39, 0.29) is 6.29 Å². The number of rotatable bonds is 6. The lowest BCUT2D eigenvalue weighted by Crippen LogP contribution is -1.96. The molecule has 2 heterocycles. The van der Waals surface area contributed by atoms with Gasteiger partial charge in [-0.2, -0.15) is 0 Å². The van der Waals surface area contributed by atoms with Gasteiger partial charge in [0, 0.05) is 6.20 Å². The molecule has 2 aromatic rings. The number of allylic oxidation sites excluding steroid dienone is 1. The third-order valence-corrected chi connectivity index (χ3v) is 4.30. The maximum absolute atomic E-state index is 5.86. The second-order valence-electron chi connectivity index (χ2n) is 4.94. The molecule has 1 fully saturated rings. The number of hydrogen-bond acceptors (Lipinski definition) is 6. The molecule has 122 valence electrons. The van der Waals surface area contributed by atoms with Crippen LogP contribution < -0.4 is 9.47 Å². The summed E-state index contributed by atoms with van der Waals surface area (Å²) in [6, 6.07) is 5.86. The van der Waals surface area contributed by atoms with Crippen molar-refractivity contribution in [1.29, 1.82) is 0 Å². The van der Waals surface area contributed by atoms with E-state index in [1.54, 1.807) is 13.3 Å². The number of benzene rings is 1. The molecule has 3 rings (SSSR count). The Balaban J connectivity index is 1.65. The Bertz CT molecular complexity index is 677. The van der Waals surface area contributed by atoms with Gasteiger partial charge in [0.25, 0.3) is 0 Å². The predicted octanol–water partition coefficient (Wildman–Crippen LogP) is 3.81. The van der Waals surface area contributed by atoms with E-state index < -0.39 is 0 Å². The van der Waals surface area contributed by atoms with Gasteiger partial charge in [-0.3, -0.25) is 0 Å². The first-order valence-electron chi connectivity index (χ1n) is 7.41. The average Bonchev–Trinajstić information content (AvgIpc) is 3.25. The minimum Gasteiger partial charge on any atom is -0.493 e. The van der Waals surface area contributed by atoms with Crippen LogP contribution >= 0.6 is 11.3 Å². The van der Waals surface area contributed by atoms with E-state index in [4.69, 9.17) is 18.9 Å². The molecule has 1 saturated heterocycles. The van der Waals surface area contributed by atoms with Gasteiger partial charge in [-0.25, -0.2) is 4.98 Å². The fraction of sp³-hybridized carbons (Fsp3) is 0.353. The minimum absolute atomic E-state index is 0.330. The highest BCUT2D eigenvalue weighted by molar-refractivity contribution is 7.11. The second kappa shape index (κ2) is 7.59. The fourth-order valence-electron chi connectivity index (χ4n) is 2.25. The topological polar surface area (TPSA) is 49.8 Å². The van der Waals surface area contributed by atoms with Crippen molar-refractivity contribution in [1.82, 2.24) is 4.98 Å². The van der Waals surface area contributed by atoms with Crippen molar-refractivity contribution in [2.24, 2.45) is 0 Å². The molecular formula is C17H19NO4S. The van der Waals surface area contributed by atoms with Crippen molar-refractivity contribution in [2.75, 3.05) is 20.3 Å². The average molecular weight is 333 g/mol. The monoisotopic (exact) mass is 333 g/mol. The lowest BCUT2D eigenvalue weighted by atomic mass is 10.2. The van der Waals surface area contributed by atoms with E-state index in [0.29, 0.717) is 31.3 Å². The van der Waals surface area contributed by atoms with Gasteiger partial charge in [-0.1, -0.05) is 18.2 Å². The van der Waals surface area contributed by atoms with Gasteiger partial charge < -0.3 is 18.9 Å². The largest absolute Gasteiger partial charge is 0.493 e. The van der Waals surface area contributed by atoms with Crippen molar-refractivity contribution in [3.63, 3.8) is 0 Å². The van der Waals surface area contributed by atoms with Crippen molar-refractivity contribution in [3.8, 4) is 11.5 Å². The number of aromatic nitrogens is 1. The molecule has 0 spiro atoms. The van der Waals surface area contributed by atoms with Crippen LogP contribution in [-0.4, -0.2) is 25.3 Å². The summed E-state index contributed by atoms with van der Waals surface area (Å²) in [6.07, 6.45) is 5.47. The SMILES string of the molecule is C/C=C/c1ccc(OCc2cnc(C3OCCO3)s2)c(OC)c1. The zero-order valence-electron chi connectivity index (χ0n) is 13.2. The number of thiazole rings is 1. The molecule has 5 nitrogen and oxygen atoms in total. The van der Waals surface area contributed by atoms with E-state index in [2.05, 4.69) is 4.98 Å². The maximum atomic E-state index is 5.86. The number of nitrogens with zero attached hydrogens (tertiary/aromatic N) is 1. The van der Waals surface area contributed by atoms with Crippen LogP contribution in [0.3, 0.4) is 0 Å². The van der Waals surface area contributed by atoms with Gasteiger partial charge in [-0.15, -0.1) is 11.3 Å². The van der Waals surface area contributed by atoms with Crippen LogP contribution in [0.15, 0.2) is 30.5 Å². The summed E-state index contributed by atoms with van der Waals surface area (Å²) in [4.78, 5) is 5.35. The molecule has 1 aromatic carbocycles. The second-order valence-corrected chi connectivity index (χ2v) is 6.08. The summed E-state index contributed by atoms with van der Waals surface area (Å²) in [7, 11) is 1.64. The Hall–Kier alpha value is -1.89.